The fraction of sp³-hybridized carbons (Fsp3) is 0.528. The lowest BCUT2D eigenvalue weighted by atomic mass is 10.0. The Labute approximate surface area is 287 Å². The molecule has 3 N–H and O–H groups in total. The highest BCUT2D eigenvalue weighted by molar-refractivity contribution is 5.92. The molecule has 13 nitrogen and oxygen atoms in total. The molecule has 2 fully saturated rings. The number of amides is 3. The number of ether oxygens (including phenoxy) is 2. The number of nitrogens with one attached hydrogen (secondary N) is 2. The lowest BCUT2D eigenvalue weighted by Crippen LogP contribution is -2.64. The number of nitrogens with zero attached hydrogens (tertiary/aromatic N) is 5. The maximum absolute atomic E-state index is 14.1. The molecule has 5 rings (SSSR count). The molecule has 2 unspecified atom stereocenters. The molecule has 0 radical (unpaired) electrons. The quantitative estimate of drug-likeness (QED) is 0.287. The molecular formula is C36H47N7O6. The molecule has 0 spiro atoms. The maximum atomic E-state index is 14.1. The molecule has 0 aromatic heterocycles. The zero-order valence-electron chi connectivity index (χ0n) is 28.3. The molecule has 49 heavy (non-hydrogen) atoms. The van der Waals surface area contributed by atoms with Crippen LogP contribution < -0.4 is 15.4 Å². The summed E-state index contributed by atoms with van der Waals surface area (Å²) >= 11 is 0. The molecule has 3 aliphatic rings. The van der Waals surface area contributed by atoms with Gasteiger partial charge in [-0.1, -0.05) is 42.8 Å². The topological polar surface area (TPSA) is 160 Å². The van der Waals surface area contributed by atoms with Crippen molar-refractivity contribution >= 4 is 23.9 Å². The summed E-state index contributed by atoms with van der Waals surface area (Å²) in [5, 5.41) is 24.4. The van der Waals surface area contributed by atoms with Gasteiger partial charge in [0.2, 0.25) is 11.8 Å². The van der Waals surface area contributed by atoms with Crippen molar-refractivity contribution < 1.29 is 29.0 Å². The molecule has 0 aliphatic carbocycles. The van der Waals surface area contributed by atoms with Crippen LogP contribution in [0, 0.1) is 11.3 Å². The number of methoxy groups -OCH3 is 1. The molecule has 3 amide bonds. The Morgan fingerprint density at radius 1 is 1.08 bits per heavy atom. The molecule has 262 valence electrons. The first-order valence-corrected chi connectivity index (χ1v) is 17.2. The molecule has 13 heteroatoms. The zero-order chi connectivity index (χ0) is 34.8. The SMILES string of the molecule is COc1cc(CNC(=O)C2CN(C3=N[C@@H](C)[C@H](c4ccccc4)O3)CCN2C(=O)C(CCCCN2CCCCC2)NC(=O)O)ccc1C#N. The van der Waals surface area contributed by atoms with E-state index in [2.05, 4.69) is 21.6 Å². The highest BCUT2D eigenvalue weighted by Crippen LogP contribution is 2.30. The number of unbranched alkanes of at least 4 members (excludes halogenated alkanes) is 1. The van der Waals surface area contributed by atoms with Gasteiger partial charge in [-0.15, -0.1) is 0 Å². The number of carboxylic acid groups (broad SMARTS) is 1. The van der Waals surface area contributed by atoms with Crippen molar-refractivity contribution in [3.05, 3.63) is 65.2 Å². The molecule has 3 aliphatic heterocycles. The van der Waals surface area contributed by atoms with Crippen LogP contribution in [0.4, 0.5) is 4.79 Å². The minimum Gasteiger partial charge on any atom is -0.495 e. The van der Waals surface area contributed by atoms with Crippen LogP contribution in [-0.4, -0.2) is 108 Å². The number of amidine groups is 1. The maximum Gasteiger partial charge on any atom is 0.405 e. The van der Waals surface area contributed by atoms with Crippen molar-refractivity contribution in [3.8, 4) is 11.8 Å². The van der Waals surface area contributed by atoms with E-state index < -0.39 is 30.0 Å². The molecule has 4 atom stereocenters. The highest BCUT2D eigenvalue weighted by Gasteiger charge is 2.41. The fourth-order valence-corrected chi connectivity index (χ4v) is 6.79. The zero-order valence-corrected chi connectivity index (χ0v) is 28.3. The summed E-state index contributed by atoms with van der Waals surface area (Å²) in [5.74, 6) is -0.423. The van der Waals surface area contributed by atoms with Crippen LogP contribution in [0.1, 0.15) is 68.2 Å². The van der Waals surface area contributed by atoms with Crippen LogP contribution in [0.3, 0.4) is 0 Å². The van der Waals surface area contributed by atoms with Crippen molar-refractivity contribution in [1.82, 2.24) is 25.3 Å². The summed E-state index contributed by atoms with van der Waals surface area (Å²) in [4.78, 5) is 50.4. The van der Waals surface area contributed by atoms with E-state index in [0.717, 1.165) is 37.2 Å². The molecule has 0 bridgehead atoms. The van der Waals surface area contributed by atoms with Gasteiger partial charge in [0.05, 0.1) is 25.3 Å². The van der Waals surface area contributed by atoms with Crippen LogP contribution in [0.2, 0.25) is 0 Å². The van der Waals surface area contributed by atoms with E-state index >= 15 is 0 Å². The van der Waals surface area contributed by atoms with E-state index in [1.54, 1.807) is 18.2 Å². The van der Waals surface area contributed by atoms with Crippen molar-refractivity contribution in [1.29, 1.82) is 5.26 Å². The van der Waals surface area contributed by atoms with Gasteiger partial charge >= 0.3 is 6.09 Å². The molecular weight excluding hydrogens is 626 g/mol. The third kappa shape index (κ3) is 9.20. The van der Waals surface area contributed by atoms with Crippen LogP contribution in [0.25, 0.3) is 0 Å². The van der Waals surface area contributed by atoms with Gasteiger partial charge in [-0.3, -0.25) is 9.59 Å². The monoisotopic (exact) mass is 673 g/mol. The van der Waals surface area contributed by atoms with Gasteiger partial charge < -0.3 is 39.9 Å². The average Bonchev–Trinajstić information content (AvgIpc) is 3.53. The first kappa shape index (κ1) is 35.5. The number of likely N-dealkylation sites (tertiary alicyclic amines) is 1. The first-order valence-electron chi connectivity index (χ1n) is 17.2. The van der Waals surface area contributed by atoms with Crippen LogP contribution in [-0.2, 0) is 20.9 Å². The third-order valence-electron chi connectivity index (χ3n) is 9.46. The van der Waals surface area contributed by atoms with E-state index in [-0.39, 0.29) is 31.8 Å². The number of rotatable bonds is 12. The predicted molar refractivity (Wildman–Crippen MR) is 183 cm³/mol. The standard InChI is InChI=1S/C36H47N7O6/c1-25-32(27-11-5-3-6-12-27)49-35(39-25)42-19-20-43(30(24-42)33(44)38-23-26-14-15-28(22-37)31(21-26)48-2)34(45)29(40-36(46)47)13-7-10-18-41-16-8-4-9-17-41/h3,5-6,11-12,14-15,21,25,29-30,32,40H,4,7-10,13,16-20,23-24H2,1-2H3,(H,38,44)(H,46,47)/t25-,29?,30?,32+/m0/s1. The lowest BCUT2D eigenvalue weighted by Gasteiger charge is -2.42. The Hall–Kier alpha value is -4.83. The number of nitriles is 1. The lowest BCUT2D eigenvalue weighted by molar-refractivity contribution is -0.145. The Morgan fingerprint density at radius 2 is 1.86 bits per heavy atom. The molecule has 0 saturated carbocycles. The van der Waals surface area contributed by atoms with Crippen LogP contribution >= 0.6 is 0 Å². The van der Waals surface area contributed by atoms with Gasteiger partial charge in [0.25, 0.3) is 6.02 Å². The van der Waals surface area contributed by atoms with Crippen LogP contribution in [0.5, 0.6) is 5.75 Å². The summed E-state index contributed by atoms with van der Waals surface area (Å²) in [6, 6.07) is 15.3. The van der Waals surface area contributed by atoms with Gasteiger partial charge in [-0.05, 0) is 81.9 Å². The normalized spacial score (nSPS) is 21.6. The summed E-state index contributed by atoms with van der Waals surface area (Å²) in [6.45, 7) is 5.85. The number of hydrogen-bond donors (Lipinski definition) is 3. The summed E-state index contributed by atoms with van der Waals surface area (Å²) in [6.07, 6.45) is 3.96. The Morgan fingerprint density at radius 3 is 2.57 bits per heavy atom. The van der Waals surface area contributed by atoms with E-state index in [1.165, 1.54) is 31.3 Å². The second-order valence-electron chi connectivity index (χ2n) is 12.9. The number of aliphatic imine (C=N–C) groups is 1. The van der Waals surface area contributed by atoms with Gasteiger partial charge in [0, 0.05) is 19.6 Å². The third-order valence-corrected chi connectivity index (χ3v) is 9.46. The predicted octanol–water partition coefficient (Wildman–Crippen LogP) is 3.50. The Bertz CT molecular complexity index is 1520. The van der Waals surface area contributed by atoms with Gasteiger partial charge in [-0.2, -0.15) is 5.26 Å². The fourth-order valence-electron chi connectivity index (χ4n) is 6.79. The minimum atomic E-state index is -1.28. The molecule has 2 saturated heterocycles. The van der Waals surface area contributed by atoms with Gasteiger partial charge in [-0.25, -0.2) is 9.79 Å². The first-order chi connectivity index (χ1) is 23.8. The Kier molecular flexibility index (Phi) is 12.3. The van der Waals surface area contributed by atoms with E-state index in [0.29, 0.717) is 36.7 Å². The van der Waals surface area contributed by atoms with Crippen molar-refractivity contribution in [2.45, 2.75) is 76.2 Å². The number of piperidine rings is 1. The van der Waals surface area contributed by atoms with Crippen molar-refractivity contribution in [2.24, 2.45) is 4.99 Å². The van der Waals surface area contributed by atoms with Gasteiger partial charge in [0.15, 0.2) is 0 Å². The number of carbonyl (C=O) groups excluding carboxylic acids is 2. The van der Waals surface area contributed by atoms with E-state index in [4.69, 9.17) is 14.5 Å². The Balaban J connectivity index is 1.30. The number of benzene rings is 2. The molecule has 3 heterocycles. The van der Waals surface area contributed by atoms with Crippen LogP contribution in [0.15, 0.2) is 53.5 Å². The number of hydrogen-bond acceptors (Lipinski definition) is 9. The number of piperazine rings is 1. The van der Waals surface area contributed by atoms with Crippen molar-refractivity contribution in [3.63, 3.8) is 0 Å². The molecule has 2 aromatic rings. The summed E-state index contributed by atoms with van der Waals surface area (Å²) in [5.41, 5.74) is 2.10. The largest absolute Gasteiger partial charge is 0.495 e. The summed E-state index contributed by atoms with van der Waals surface area (Å²) < 4.78 is 11.6. The van der Waals surface area contributed by atoms with E-state index in [1.807, 2.05) is 42.2 Å². The van der Waals surface area contributed by atoms with E-state index in [9.17, 15) is 24.8 Å². The summed E-state index contributed by atoms with van der Waals surface area (Å²) in [7, 11) is 1.48. The smallest absolute Gasteiger partial charge is 0.405 e. The van der Waals surface area contributed by atoms with Crippen molar-refractivity contribution in [2.75, 3.05) is 46.4 Å². The second-order valence-corrected chi connectivity index (χ2v) is 12.9. The number of carbonyl (C=O) groups is 3. The average molecular weight is 674 g/mol. The molecule has 2 aromatic carbocycles. The highest BCUT2D eigenvalue weighted by atomic mass is 16.5. The second kappa shape index (κ2) is 17.0. The van der Waals surface area contributed by atoms with Gasteiger partial charge in [0.1, 0.15) is 30.0 Å². The minimum absolute atomic E-state index is 0.121.